The minimum atomic E-state index is 0.556. The molecule has 4 nitrogen and oxygen atoms in total. The first-order valence-electron chi connectivity index (χ1n) is 6.97. The lowest BCUT2D eigenvalue weighted by molar-refractivity contribution is 0.646. The summed E-state index contributed by atoms with van der Waals surface area (Å²) in [7, 11) is 0. The number of nitrogens with zero attached hydrogens (tertiary/aromatic N) is 3. The van der Waals surface area contributed by atoms with E-state index in [1.54, 1.807) is 0 Å². The lowest BCUT2D eigenvalue weighted by Crippen LogP contribution is -2.18. The number of hydrogen-bond acceptors (Lipinski definition) is 3. The van der Waals surface area contributed by atoms with Gasteiger partial charge in [0, 0.05) is 12.6 Å². The number of hydrogen-bond donors (Lipinski definition) is 1. The summed E-state index contributed by atoms with van der Waals surface area (Å²) < 4.78 is 1.92. The Morgan fingerprint density at radius 2 is 2.00 bits per heavy atom. The maximum absolute atomic E-state index is 4.19. The number of benzene rings is 1. The molecule has 0 aliphatic heterocycles. The molecule has 1 aliphatic carbocycles. The van der Waals surface area contributed by atoms with E-state index in [2.05, 4.69) is 53.7 Å². The van der Waals surface area contributed by atoms with E-state index in [4.69, 9.17) is 0 Å². The first kappa shape index (κ1) is 12.4. The van der Waals surface area contributed by atoms with E-state index in [0.717, 1.165) is 17.9 Å². The van der Waals surface area contributed by atoms with Crippen LogP contribution in [0.25, 0.3) is 5.69 Å². The Morgan fingerprint density at radius 1 is 1.26 bits per heavy atom. The summed E-state index contributed by atoms with van der Waals surface area (Å²) >= 11 is 0. The van der Waals surface area contributed by atoms with Gasteiger partial charge in [0.1, 0.15) is 0 Å². The van der Waals surface area contributed by atoms with E-state index in [9.17, 15) is 0 Å². The lowest BCUT2D eigenvalue weighted by Gasteiger charge is -2.09. The van der Waals surface area contributed by atoms with Crippen LogP contribution in [-0.4, -0.2) is 21.0 Å². The Morgan fingerprint density at radius 3 is 2.63 bits per heavy atom. The van der Waals surface area contributed by atoms with Crippen LogP contribution in [0.4, 0.5) is 0 Å². The van der Waals surface area contributed by atoms with Gasteiger partial charge in [-0.1, -0.05) is 31.2 Å². The fourth-order valence-corrected chi connectivity index (χ4v) is 2.13. The van der Waals surface area contributed by atoms with Crippen molar-refractivity contribution >= 4 is 0 Å². The average molecular weight is 256 g/mol. The minimum Gasteiger partial charge on any atom is -0.308 e. The van der Waals surface area contributed by atoms with Gasteiger partial charge in [-0.25, -0.2) is 4.68 Å². The van der Waals surface area contributed by atoms with Crippen LogP contribution in [0.3, 0.4) is 0 Å². The van der Waals surface area contributed by atoms with Crippen molar-refractivity contribution in [2.75, 3.05) is 0 Å². The highest BCUT2D eigenvalue weighted by Gasteiger charge is 2.20. The lowest BCUT2D eigenvalue weighted by atomic mass is 10.0. The molecule has 0 saturated heterocycles. The number of rotatable bonds is 5. The normalized spacial score (nSPS) is 15.1. The molecule has 100 valence electrons. The summed E-state index contributed by atoms with van der Waals surface area (Å²) in [5, 5.41) is 11.7. The Kier molecular flexibility index (Phi) is 3.34. The van der Waals surface area contributed by atoms with E-state index in [1.807, 2.05) is 10.9 Å². The zero-order chi connectivity index (χ0) is 13.2. The molecule has 1 aliphatic rings. The molecule has 0 spiro atoms. The van der Waals surface area contributed by atoms with Gasteiger partial charge < -0.3 is 5.32 Å². The summed E-state index contributed by atoms with van der Waals surface area (Å²) in [6, 6.07) is 9.26. The van der Waals surface area contributed by atoms with E-state index in [1.165, 1.54) is 18.4 Å². The Hall–Kier alpha value is -1.68. The van der Waals surface area contributed by atoms with Crippen molar-refractivity contribution in [1.82, 2.24) is 20.3 Å². The summed E-state index contributed by atoms with van der Waals surface area (Å²) in [6.45, 7) is 5.24. The predicted octanol–water partition coefficient (Wildman–Crippen LogP) is 2.64. The van der Waals surface area contributed by atoms with Gasteiger partial charge in [-0.2, -0.15) is 0 Å². The minimum absolute atomic E-state index is 0.556. The molecular formula is C15H20N4. The van der Waals surface area contributed by atoms with Crippen LogP contribution >= 0.6 is 0 Å². The Labute approximate surface area is 113 Å². The molecule has 1 fully saturated rings. The molecule has 4 heteroatoms. The van der Waals surface area contributed by atoms with Crippen LogP contribution < -0.4 is 5.32 Å². The molecular weight excluding hydrogens is 236 g/mol. The second-order valence-corrected chi connectivity index (χ2v) is 5.54. The zero-order valence-corrected chi connectivity index (χ0v) is 11.5. The molecule has 0 amide bonds. The Bertz CT molecular complexity index is 538. The second-order valence-electron chi connectivity index (χ2n) is 5.54. The second kappa shape index (κ2) is 5.13. The molecule has 1 aromatic carbocycles. The van der Waals surface area contributed by atoms with Crippen LogP contribution in [0.1, 0.15) is 43.9 Å². The van der Waals surface area contributed by atoms with Crippen LogP contribution in [0.2, 0.25) is 0 Å². The fraction of sp³-hybridized carbons (Fsp3) is 0.467. The quantitative estimate of drug-likeness (QED) is 0.894. The van der Waals surface area contributed by atoms with Crippen LogP contribution in [0, 0.1) is 0 Å². The molecule has 19 heavy (non-hydrogen) atoms. The summed E-state index contributed by atoms with van der Waals surface area (Å²) in [4.78, 5) is 0. The van der Waals surface area contributed by atoms with Crippen LogP contribution in [0.5, 0.6) is 0 Å². The highest BCUT2D eigenvalue weighted by atomic mass is 15.4. The summed E-state index contributed by atoms with van der Waals surface area (Å²) in [6.07, 6.45) is 4.43. The third-order valence-electron chi connectivity index (χ3n) is 3.57. The molecule has 0 radical (unpaired) electrons. The molecule has 0 unspecified atom stereocenters. The van der Waals surface area contributed by atoms with Gasteiger partial charge in [0.15, 0.2) is 0 Å². The van der Waals surface area contributed by atoms with Crippen LogP contribution in [-0.2, 0) is 6.54 Å². The highest BCUT2D eigenvalue weighted by molar-refractivity contribution is 5.35. The maximum Gasteiger partial charge on any atom is 0.0783 e. The predicted molar refractivity (Wildman–Crippen MR) is 75.3 cm³/mol. The van der Waals surface area contributed by atoms with Gasteiger partial charge in [0.05, 0.1) is 17.6 Å². The summed E-state index contributed by atoms with van der Waals surface area (Å²) in [5.41, 5.74) is 3.54. The SMILES string of the molecule is CC(C)c1ccc(-n2nncc2CNC2CC2)cc1. The molecule has 1 saturated carbocycles. The molecule has 2 aromatic rings. The Balaban J connectivity index is 1.78. The van der Waals surface area contributed by atoms with Gasteiger partial charge >= 0.3 is 0 Å². The van der Waals surface area contributed by atoms with Crippen molar-refractivity contribution in [3.05, 3.63) is 41.7 Å². The number of aromatic nitrogens is 3. The monoisotopic (exact) mass is 256 g/mol. The smallest absolute Gasteiger partial charge is 0.0783 e. The zero-order valence-electron chi connectivity index (χ0n) is 11.5. The standard InChI is InChI=1S/C15H20N4/c1-11(2)12-3-7-14(8-4-12)19-15(10-17-18-19)9-16-13-5-6-13/h3-4,7-8,10-11,13,16H,5-6,9H2,1-2H3. The van der Waals surface area contributed by atoms with Crippen molar-refractivity contribution in [3.8, 4) is 5.69 Å². The average Bonchev–Trinajstić information content (AvgIpc) is 3.13. The molecule has 3 rings (SSSR count). The van der Waals surface area contributed by atoms with Crippen molar-refractivity contribution in [2.24, 2.45) is 0 Å². The first-order valence-corrected chi connectivity index (χ1v) is 6.97. The maximum atomic E-state index is 4.19. The molecule has 0 atom stereocenters. The van der Waals surface area contributed by atoms with Gasteiger partial charge in [0.2, 0.25) is 0 Å². The van der Waals surface area contributed by atoms with Gasteiger partial charge in [-0.15, -0.1) is 5.10 Å². The van der Waals surface area contributed by atoms with E-state index >= 15 is 0 Å². The van der Waals surface area contributed by atoms with Crippen molar-refractivity contribution in [3.63, 3.8) is 0 Å². The largest absolute Gasteiger partial charge is 0.308 e. The van der Waals surface area contributed by atoms with Gasteiger partial charge in [0.25, 0.3) is 0 Å². The summed E-state index contributed by atoms with van der Waals surface area (Å²) in [5.74, 6) is 0.556. The molecule has 0 bridgehead atoms. The van der Waals surface area contributed by atoms with Gasteiger partial charge in [-0.3, -0.25) is 0 Å². The van der Waals surface area contributed by atoms with Crippen molar-refractivity contribution in [2.45, 2.75) is 45.2 Å². The highest BCUT2D eigenvalue weighted by Crippen LogP contribution is 2.20. The van der Waals surface area contributed by atoms with E-state index in [-0.39, 0.29) is 0 Å². The molecule has 1 N–H and O–H groups in total. The van der Waals surface area contributed by atoms with Crippen LogP contribution in [0.15, 0.2) is 30.5 Å². The topological polar surface area (TPSA) is 42.7 Å². The molecule has 1 heterocycles. The van der Waals surface area contributed by atoms with Crippen molar-refractivity contribution in [1.29, 1.82) is 0 Å². The van der Waals surface area contributed by atoms with E-state index in [0.29, 0.717) is 12.0 Å². The number of nitrogens with one attached hydrogen (secondary N) is 1. The van der Waals surface area contributed by atoms with Crippen molar-refractivity contribution < 1.29 is 0 Å². The molecule has 1 aromatic heterocycles. The fourth-order valence-electron chi connectivity index (χ4n) is 2.13. The third kappa shape index (κ3) is 2.84. The van der Waals surface area contributed by atoms with Gasteiger partial charge in [-0.05, 0) is 36.5 Å². The van der Waals surface area contributed by atoms with E-state index < -0.39 is 0 Å². The third-order valence-corrected chi connectivity index (χ3v) is 3.57. The first-order chi connectivity index (χ1) is 9.24.